The number of rotatable bonds is 4. The molecule has 32 heavy (non-hydrogen) atoms. The first-order valence-corrected chi connectivity index (χ1v) is 11.0. The van der Waals surface area contributed by atoms with Crippen LogP contribution in [0.3, 0.4) is 0 Å². The van der Waals surface area contributed by atoms with E-state index in [2.05, 4.69) is 70.9 Å². The van der Waals surface area contributed by atoms with E-state index in [4.69, 9.17) is 16.7 Å². The maximum atomic E-state index is 7.08. The number of benzene rings is 3. The van der Waals surface area contributed by atoms with Crippen molar-refractivity contribution in [2.75, 3.05) is 0 Å². The van der Waals surface area contributed by atoms with Gasteiger partial charge in [0.2, 0.25) is 0 Å². The zero-order valence-electron chi connectivity index (χ0n) is 17.5. The van der Waals surface area contributed by atoms with Crippen LogP contribution < -0.4 is 0 Å². The molecule has 0 unspecified atom stereocenters. The van der Waals surface area contributed by atoms with Gasteiger partial charge in [0.15, 0.2) is 0 Å². The van der Waals surface area contributed by atoms with E-state index < -0.39 is 0 Å². The Morgan fingerprint density at radius 1 is 0.750 bits per heavy atom. The van der Waals surface area contributed by atoms with Crippen molar-refractivity contribution in [3.05, 3.63) is 119 Å². The Kier molecular flexibility index (Phi) is 4.40. The Morgan fingerprint density at radius 3 is 1.88 bits per heavy atom. The standard InChI is InChI=1S/C27H21ClN4/c1-17-25(27(28)32(31-17)18-9-3-2-4-10-18)26(21-15-29-23-13-7-5-11-19(21)23)22-16-30-24-14-8-6-12-20(22)24/h2-16,26,29-30H,1H3. The fourth-order valence-electron chi connectivity index (χ4n) is 4.72. The van der Waals surface area contributed by atoms with Crippen molar-refractivity contribution < 1.29 is 0 Å². The molecule has 0 aliphatic carbocycles. The van der Waals surface area contributed by atoms with Gasteiger partial charge in [0.1, 0.15) is 5.15 Å². The fraction of sp³-hybridized carbons (Fsp3) is 0.0741. The minimum absolute atomic E-state index is 0.0766. The van der Waals surface area contributed by atoms with Gasteiger partial charge in [-0.25, -0.2) is 4.68 Å². The van der Waals surface area contributed by atoms with Gasteiger partial charge in [-0.05, 0) is 42.3 Å². The molecule has 0 radical (unpaired) electrons. The Hall–Kier alpha value is -3.76. The van der Waals surface area contributed by atoms with E-state index >= 15 is 0 Å². The second-order valence-electron chi connectivity index (χ2n) is 8.05. The van der Waals surface area contributed by atoms with Crippen LogP contribution in [-0.4, -0.2) is 19.7 Å². The summed E-state index contributed by atoms with van der Waals surface area (Å²) in [4.78, 5) is 6.89. The van der Waals surface area contributed by atoms with Crippen LogP contribution in [0.4, 0.5) is 0 Å². The normalized spacial score (nSPS) is 11.7. The molecule has 0 spiro atoms. The van der Waals surface area contributed by atoms with E-state index in [-0.39, 0.29) is 5.92 Å². The summed E-state index contributed by atoms with van der Waals surface area (Å²) in [6, 6.07) is 26.8. The van der Waals surface area contributed by atoms with Crippen molar-refractivity contribution >= 4 is 33.4 Å². The number of aromatic amines is 2. The summed E-state index contributed by atoms with van der Waals surface area (Å²) in [5, 5.41) is 7.85. The molecule has 3 heterocycles. The number of H-pyrrole nitrogens is 2. The lowest BCUT2D eigenvalue weighted by Crippen LogP contribution is -2.04. The van der Waals surface area contributed by atoms with Crippen LogP contribution in [0.15, 0.2) is 91.3 Å². The summed E-state index contributed by atoms with van der Waals surface area (Å²) in [6.07, 6.45) is 4.21. The number of aryl methyl sites for hydroxylation is 1. The molecular weight excluding hydrogens is 416 g/mol. The van der Waals surface area contributed by atoms with Crippen molar-refractivity contribution in [1.29, 1.82) is 0 Å². The molecule has 6 aromatic rings. The zero-order chi connectivity index (χ0) is 21.7. The number of nitrogens with one attached hydrogen (secondary N) is 2. The number of nitrogens with zero attached hydrogens (tertiary/aromatic N) is 2. The molecule has 3 aromatic heterocycles. The summed E-state index contributed by atoms with van der Waals surface area (Å²) in [6.45, 7) is 2.04. The van der Waals surface area contributed by atoms with E-state index in [0.29, 0.717) is 5.15 Å². The molecule has 156 valence electrons. The van der Waals surface area contributed by atoms with Gasteiger partial charge in [-0.15, -0.1) is 0 Å². The van der Waals surface area contributed by atoms with Crippen LogP contribution in [0, 0.1) is 6.92 Å². The molecule has 0 amide bonds. The number of para-hydroxylation sites is 3. The lowest BCUT2D eigenvalue weighted by Gasteiger charge is -2.17. The summed E-state index contributed by atoms with van der Waals surface area (Å²) < 4.78 is 1.84. The molecule has 3 aromatic carbocycles. The Balaban J connectivity index is 1.65. The number of aromatic nitrogens is 4. The summed E-state index contributed by atoms with van der Waals surface area (Å²) in [5.74, 6) is -0.0766. The molecule has 0 bridgehead atoms. The number of fused-ring (bicyclic) bond motifs is 2. The van der Waals surface area contributed by atoms with Gasteiger partial charge in [0, 0.05) is 45.7 Å². The number of hydrogen-bond acceptors (Lipinski definition) is 1. The highest BCUT2D eigenvalue weighted by molar-refractivity contribution is 6.31. The minimum Gasteiger partial charge on any atom is -0.361 e. The van der Waals surface area contributed by atoms with Gasteiger partial charge in [-0.2, -0.15) is 5.10 Å². The first-order valence-electron chi connectivity index (χ1n) is 10.6. The fourth-order valence-corrected chi connectivity index (χ4v) is 5.10. The smallest absolute Gasteiger partial charge is 0.137 e. The summed E-state index contributed by atoms with van der Waals surface area (Å²) in [5.41, 5.74) is 7.46. The summed E-state index contributed by atoms with van der Waals surface area (Å²) >= 11 is 7.08. The lowest BCUT2D eigenvalue weighted by atomic mass is 9.85. The minimum atomic E-state index is -0.0766. The van der Waals surface area contributed by atoms with Crippen molar-refractivity contribution in [3.8, 4) is 5.69 Å². The van der Waals surface area contributed by atoms with E-state index in [0.717, 1.165) is 28.0 Å². The Bertz CT molecular complexity index is 1480. The third-order valence-corrected chi connectivity index (χ3v) is 6.57. The van der Waals surface area contributed by atoms with Crippen LogP contribution in [0.25, 0.3) is 27.5 Å². The average Bonchev–Trinajstić information content (AvgIpc) is 3.53. The van der Waals surface area contributed by atoms with Crippen LogP contribution in [0.5, 0.6) is 0 Å². The maximum Gasteiger partial charge on any atom is 0.137 e. The first-order chi connectivity index (χ1) is 15.7. The Morgan fingerprint density at radius 2 is 1.28 bits per heavy atom. The van der Waals surface area contributed by atoms with Crippen LogP contribution in [-0.2, 0) is 0 Å². The van der Waals surface area contributed by atoms with E-state index in [1.54, 1.807) is 0 Å². The third kappa shape index (κ3) is 2.88. The zero-order valence-corrected chi connectivity index (χ0v) is 18.3. The highest BCUT2D eigenvalue weighted by Crippen LogP contribution is 2.43. The molecule has 5 heteroatoms. The van der Waals surface area contributed by atoms with Gasteiger partial charge in [0.05, 0.1) is 11.4 Å². The molecule has 4 nitrogen and oxygen atoms in total. The van der Waals surface area contributed by atoms with Crippen LogP contribution in [0.2, 0.25) is 5.15 Å². The van der Waals surface area contributed by atoms with Crippen LogP contribution in [0.1, 0.15) is 28.3 Å². The molecular formula is C27H21ClN4. The van der Waals surface area contributed by atoms with Gasteiger partial charge in [-0.1, -0.05) is 66.2 Å². The lowest BCUT2D eigenvalue weighted by molar-refractivity contribution is 0.863. The van der Waals surface area contributed by atoms with Gasteiger partial charge < -0.3 is 9.97 Å². The molecule has 0 saturated heterocycles. The maximum absolute atomic E-state index is 7.08. The third-order valence-electron chi connectivity index (χ3n) is 6.20. The molecule has 0 aliphatic rings. The summed E-state index contributed by atoms with van der Waals surface area (Å²) in [7, 11) is 0. The topological polar surface area (TPSA) is 49.4 Å². The SMILES string of the molecule is Cc1nn(-c2ccccc2)c(Cl)c1C(c1c[nH]c2ccccc12)c1c[nH]c2ccccc12. The highest BCUT2D eigenvalue weighted by Gasteiger charge is 2.29. The monoisotopic (exact) mass is 436 g/mol. The van der Waals surface area contributed by atoms with Crippen LogP contribution >= 0.6 is 11.6 Å². The van der Waals surface area contributed by atoms with Crippen molar-refractivity contribution in [2.45, 2.75) is 12.8 Å². The van der Waals surface area contributed by atoms with E-state index in [1.807, 2.05) is 41.9 Å². The van der Waals surface area contributed by atoms with Gasteiger partial charge >= 0.3 is 0 Å². The average molecular weight is 437 g/mol. The highest BCUT2D eigenvalue weighted by atomic mass is 35.5. The van der Waals surface area contributed by atoms with Crippen molar-refractivity contribution in [2.24, 2.45) is 0 Å². The largest absolute Gasteiger partial charge is 0.361 e. The first kappa shape index (κ1) is 19.0. The molecule has 6 rings (SSSR count). The molecule has 0 fully saturated rings. The molecule has 0 atom stereocenters. The second-order valence-corrected chi connectivity index (χ2v) is 8.41. The van der Waals surface area contributed by atoms with E-state index in [1.165, 1.54) is 21.9 Å². The number of halogens is 1. The predicted molar refractivity (Wildman–Crippen MR) is 131 cm³/mol. The molecule has 0 saturated carbocycles. The number of hydrogen-bond donors (Lipinski definition) is 2. The van der Waals surface area contributed by atoms with Crippen molar-refractivity contribution in [3.63, 3.8) is 0 Å². The van der Waals surface area contributed by atoms with E-state index in [9.17, 15) is 0 Å². The predicted octanol–water partition coefficient (Wildman–Crippen LogP) is 6.98. The second kappa shape index (κ2) is 7.43. The van der Waals surface area contributed by atoms with Gasteiger partial charge in [-0.3, -0.25) is 0 Å². The molecule has 0 aliphatic heterocycles. The Labute approximate surface area is 190 Å². The van der Waals surface area contributed by atoms with Gasteiger partial charge in [0.25, 0.3) is 0 Å². The quantitative estimate of drug-likeness (QED) is 0.308. The van der Waals surface area contributed by atoms with Crippen molar-refractivity contribution in [1.82, 2.24) is 19.7 Å². The molecule has 2 N–H and O–H groups in total.